The average molecular weight is 641 g/mol. The number of nitrogens with zero attached hydrogens (tertiary/aromatic N) is 4. The first-order valence-corrected chi connectivity index (χ1v) is 16.7. The number of benzene rings is 7. The zero-order valence-electron chi connectivity index (χ0n) is 26.9. The van der Waals surface area contributed by atoms with Crippen LogP contribution >= 0.6 is 0 Å². The van der Waals surface area contributed by atoms with Gasteiger partial charge in [-0.15, -0.1) is 0 Å². The van der Waals surface area contributed by atoms with E-state index in [9.17, 15) is 0 Å². The Kier molecular flexibility index (Phi) is 6.42. The second-order valence-electron chi connectivity index (χ2n) is 12.4. The van der Waals surface area contributed by atoms with Crippen molar-refractivity contribution < 1.29 is 4.42 Å². The van der Waals surface area contributed by atoms with Gasteiger partial charge in [-0.05, 0) is 30.3 Å². The fraction of sp³-hybridized carbons (Fsp3) is 0. The summed E-state index contributed by atoms with van der Waals surface area (Å²) in [6.07, 6.45) is 0. The van der Waals surface area contributed by atoms with Crippen molar-refractivity contribution in [3.8, 4) is 51.0 Å². The SMILES string of the molecule is c1ccc(-c2nc(-c3ccccc3)nc(-c3ccc4c(c3)oc3c(-c5cccc6c7ccccc7n(-c7ccccc7)c56)cccc34)n2)cc1. The van der Waals surface area contributed by atoms with E-state index in [1.807, 2.05) is 60.7 Å². The van der Waals surface area contributed by atoms with E-state index in [1.165, 1.54) is 16.3 Å². The number of para-hydroxylation sites is 4. The van der Waals surface area contributed by atoms with E-state index < -0.39 is 0 Å². The van der Waals surface area contributed by atoms with E-state index in [-0.39, 0.29) is 0 Å². The third kappa shape index (κ3) is 4.52. The summed E-state index contributed by atoms with van der Waals surface area (Å²) in [6.45, 7) is 0. The highest BCUT2D eigenvalue weighted by molar-refractivity contribution is 6.17. The zero-order chi connectivity index (χ0) is 33.0. The van der Waals surface area contributed by atoms with E-state index in [1.54, 1.807) is 0 Å². The molecule has 0 radical (unpaired) electrons. The van der Waals surface area contributed by atoms with Crippen molar-refractivity contribution in [2.45, 2.75) is 0 Å². The Labute approximate surface area is 287 Å². The Hall–Kier alpha value is -6.85. The maximum Gasteiger partial charge on any atom is 0.164 e. The molecule has 0 saturated carbocycles. The van der Waals surface area contributed by atoms with Gasteiger partial charge in [-0.1, -0.05) is 140 Å². The van der Waals surface area contributed by atoms with E-state index in [2.05, 4.69) is 114 Å². The Morgan fingerprint density at radius 1 is 0.400 bits per heavy atom. The topological polar surface area (TPSA) is 56.7 Å². The van der Waals surface area contributed by atoms with Crippen LogP contribution in [0.5, 0.6) is 0 Å². The highest BCUT2D eigenvalue weighted by Gasteiger charge is 2.20. The predicted molar refractivity (Wildman–Crippen MR) is 203 cm³/mol. The van der Waals surface area contributed by atoms with Crippen molar-refractivity contribution in [1.82, 2.24) is 19.5 Å². The lowest BCUT2D eigenvalue weighted by atomic mass is 9.99. The first-order valence-electron chi connectivity index (χ1n) is 16.7. The van der Waals surface area contributed by atoms with Crippen LogP contribution in [0.15, 0.2) is 174 Å². The van der Waals surface area contributed by atoms with Crippen LogP contribution < -0.4 is 0 Å². The maximum atomic E-state index is 6.82. The van der Waals surface area contributed by atoms with Crippen molar-refractivity contribution in [1.29, 1.82) is 0 Å². The summed E-state index contributed by atoms with van der Waals surface area (Å²) in [6, 6.07) is 58.5. The van der Waals surface area contributed by atoms with Crippen LogP contribution in [0.3, 0.4) is 0 Å². The minimum Gasteiger partial charge on any atom is -0.455 e. The number of rotatable bonds is 5. The van der Waals surface area contributed by atoms with Crippen LogP contribution in [-0.4, -0.2) is 19.5 Å². The molecule has 7 aromatic carbocycles. The zero-order valence-corrected chi connectivity index (χ0v) is 26.9. The van der Waals surface area contributed by atoms with Crippen LogP contribution in [0, 0.1) is 0 Å². The molecule has 5 nitrogen and oxygen atoms in total. The lowest BCUT2D eigenvalue weighted by Crippen LogP contribution is -2.00. The third-order valence-corrected chi connectivity index (χ3v) is 9.46. The normalized spacial score (nSPS) is 11.6. The Morgan fingerprint density at radius 3 is 1.66 bits per heavy atom. The largest absolute Gasteiger partial charge is 0.455 e. The van der Waals surface area contributed by atoms with Crippen LogP contribution in [-0.2, 0) is 0 Å². The lowest BCUT2D eigenvalue weighted by Gasteiger charge is -2.12. The molecule has 234 valence electrons. The average Bonchev–Trinajstić information content (AvgIpc) is 3.74. The van der Waals surface area contributed by atoms with Gasteiger partial charge in [0, 0.05) is 55.0 Å². The molecule has 5 heteroatoms. The molecular formula is C45H28N4O. The molecule has 0 spiro atoms. The van der Waals surface area contributed by atoms with Gasteiger partial charge in [-0.2, -0.15) is 0 Å². The second-order valence-corrected chi connectivity index (χ2v) is 12.4. The van der Waals surface area contributed by atoms with Crippen LogP contribution in [0.4, 0.5) is 0 Å². The Balaban J connectivity index is 1.18. The highest BCUT2D eigenvalue weighted by Crippen LogP contribution is 2.42. The van der Waals surface area contributed by atoms with Crippen molar-refractivity contribution in [3.05, 3.63) is 170 Å². The standard InChI is InChI=1S/C45H28N4O/c1-4-14-29(15-5-1)43-46-44(30-16-6-2-7-17-30)48-45(47-43)31-26-27-34-37-23-13-24-38(42(37)50-40(34)28-31)36-22-12-21-35-33-20-10-11-25-39(33)49(41(35)36)32-18-8-3-9-19-32/h1-28H. The minimum atomic E-state index is 0.595. The molecule has 0 N–H and O–H groups in total. The van der Waals surface area contributed by atoms with Crippen LogP contribution in [0.2, 0.25) is 0 Å². The molecule has 0 fully saturated rings. The molecule has 10 aromatic rings. The maximum absolute atomic E-state index is 6.82. The molecule has 0 atom stereocenters. The van der Waals surface area contributed by atoms with Crippen LogP contribution in [0.25, 0.3) is 94.7 Å². The Morgan fingerprint density at radius 2 is 0.960 bits per heavy atom. The fourth-order valence-electron chi connectivity index (χ4n) is 7.17. The molecule has 0 saturated heterocycles. The number of furan rings is 1. The molecule has 0 aliphatic rings. The van der Waals surface area contributed by atoms with E-state index in [0.717, 1.165) is 61.0 Å². The molecule has 0 aliphatic carbocycles. The van der Waals surface area contributed by atoms with Crippen LogP contribution in [0.1, 0.15) is 0 Å². The van der Waals surface area contributed by atoms with Gasteiger partial charge in [0.1, 0.15) is 11.2 Å². The monoisotopic (exact) mass is 640 g/mol. The van der Waals surface area contributed by atoms with Crippen molar-refractivity contribution in [3.63, 3.8) is 0 Å². The molecule has 0 bridgehead atoms. The quantitative estimate of drug-likeness (QED) is 0.188. The molecule has 3 heterocycles. The van der Waals surface area contributed by atoms with E-state index in [4.69, 9.17) is 19.4 Å². The summed E-state index contributed by atoms with van der Waals surface area (Å²) in [5, 5.41) is 4.53. The molecule has 0 aliphatic heterocycles. The van der Waals surface area contributed by atoms with Gasteiger partial charge in [0.25, 0.3) is 0 Å². The first-order chi connectivity index (χ1) is 24.8. The van der Waals surface area contributed by atoms with Crippen molar-refractivity contribution >= 4 is 43.7 Å². The summed E-state index contributed by atoms with van der Waals surface area (Å²) in [5.41, 5.74) is 9.97. The lowest BCUT2D eigenvalue weighted by molar-refractivity contribution is 0.670. The molecular weight excluding hydrogens is 613 g/mol. The van der Waals surface area contributed by atoms with Gasteiger partial charge in [0.2, 0.25) is 0 Å². The minimum absolute atomic E-state index is 0.595. The van der Waals surface area contributed by atoms with Gasteiger partial charge in [0.05, 0.1) is 11.0 Å². The number of fused-ring (bicyclic) bond motifs is 6. The summed E-state index contributed by atoms with van der Waals surface area (Å²) >= 11 is 0. The highest BCUT2D eigenvalue weighted by atomic mass is 16.3. The van der Waals surface area contributed by atoms with Crippen molar-refractivity contribution in [2.75, 3.05) is 0 Å². The summed E-state index contributed by atoms with van der Waals surface area (Å²) < 4.78 is 9.19. The van der Waals surface area contributed by atoms with Gasteiger partial charge in [-0.25, -0.2) is 15.0 Å². The third-order valence-electron chi connectivity index (χ3n) is 9.46. The fourth-order valence-corrected chi connectivity index (χ4v) is 7.17. The smallest absolute Gasteiger partial charge is 0.164 e. The predicted octanol–water partition coefficient (Wildman–Crippen LogP) is 11.5. The van der Waals surface area contributed by atoms with E-state index >= 15 is 0 Å². The molecule has 0 amide bonds. The summed E-state index contributed by atoms with van der Waals surface area (Å²) in [7, 11) is 0. The Bertz CT molecular complexity index is 2800. The van der Waals surface area contributed by atoms with Gasteiger partial charge in [-0.3, -0.25) is 0 Å². The van der Waals surface area contributed by atoms with Gasteiger partial charge < -0.3 is 8.98 Å². The molecule has 3 aromatic heterocycles. The van der Waals surface area contributed by atoms with Gasteiger partial charge in [0.15, 0.2) is 17.5 Å². The molecule has 10 rings (SSSR count). The summed E-state index contributed by atoms with van der Waals surface area (Å²) in [5.74, 6) is 1.85. The van der Waals surface area contributed by atoms with Gasteiger partial charge >= 0.3 is 0 Å². The summed E-state index contributed by atoms with van der Waals surface area (Å²) in [4.78, 5) is 14.8. The number of aromatic nitrogens is 4. The first kappa shape index (κ1) is 28.2. The molecule has 50 heavy (non-hydrogen) atoms. The van der Waals surface area contributed by atoms with Crippen molar-refractivity contribution in [2.24, 2.45) is 0 Å². The second kappa shape index (κ2) is 11.4. The number of hydrogen-bond donors (Lipinski definition) is 0. The number of hydrogen-bond acceptors (Lipinski definition) is 4. The van der Waals surface area contributed by atoms with E-state index in [0.29, 0.717) is 17.5 Å². The molecule has 0 unspecified atom stereocenters.